The molecule has 0 saturated heterocycles. The number of benzene rings is 1. The topological polar surface area (TPSA) is 29.1 Å². The normalized spacial score (nSPS) is 15.4. The predicted molar refractivity (Wildman–Crippen MR) is 78.5 cm³/mol. The summed E-state index contributed by atoms with van der Waals surface area (Å²) in [6.07, 6.45) is 5.10. The molecule has 1 N–H and O–H groups in total. The Balaban J connectivity index is 1.83. The molecule has 0 radical (unpaired) electrons. The van der Waals surface area contributed by atoms with Crippen molar-refractivity contribution in [3.63, 3.8) is 0 Å². The first-order valence-corrected chi connectivity index (χ1v) is 7.36. The summed E-state index contributed by atoms with van der Waals surface area (Å²) in [5.41, 5.74) is 0.643. The van der Waals surface area contributed by atoms with Crippen molar-refractivity contribution < 1.29 is 4.79 Å². The van der Waals surface area contributed by atoms with Gasteiger partial charge in [-0.25, -0.2) is 0 Å². The van der Waals surface area contributed by atoms with Crippen molar-refractivity contribution in [2.45, 2.75) is 25.7 Å². The number of halogens is 2. The van der Waals surface area contributed by atoms with Crippen molar-refractivity contribution in [1.82, 2.24) is 5.32 Å². The third kappa shape index (κ3) is 3.58. The Hall–Kier alpha value is -0.290. The number of amides is 1. The van der Waals surface area contributed by atoms with Gasteiger partial charge in [0, 0.05) is 15.7 Å². The second-order valence-corrected chi connectivity index (χ2v) is 6.04. The summed E-state index contributed by atoms with van der Waals surface area (Å²) in [5.74, 6) is 0.804. The molecule has 0 aromatic heterocycles. The zero-order valence-corrected chi connectivity index (χ0v) is 12.4. The van der Waals surface area contributed by atoms with Crippen LogP contribution in [0.15, 0.2) is 18.2 Å². The summed E-state index contributed by atoms with van der Waals surface area (Å²) in [6.45, 7) is 0.771. The Bertz CT molecular complexity index is 418. The second kappa shape index (κ2) is 6.05. The third-order valence-corrected chi connectivity index (χ3v) is 4.82. The van der Waals surface area contributed by atoms with E-state index in [9.17, 15) is 4.79 Å². The Morgan fingerprint density at radius 1 is 1.47 bits per heavy atom. The molecule has 0 unspecified atom stereocenters. The van der Waals surface area contributed by atoms with Gasteiger partial charge in [0.15, 0.2) is 0 Å². The minimum absolute atomic E-state index is 0.0253. The average Bonchev–Trinajstić information content (AvgIpc) is 2.25. The predicted octanol–water partition coefficient (Wildman–Crippen LogP) is 3.86. The maximum atomic E-state index is 11.8. The van der Waals surface area contributed by atoms with Crippen LogP contribution in [0.5, 0.6) is 0 Å². The molecule has 92 valence electrons. The molecule has 0 aliphatic heterocycles. The van der Waals surface area contributed by atoms with Crippen LogP contribution >= 0.6 is 34.2 Å². The Kier molecular flexibility index (Phi) is 4.68. The lowest BCUT2D eigenvalue weighted by atomic mass is 9.83. The van der Waals surface area contributed by atoms with Crippen molar-refractivity contribution in [2.75, 3.05) is 6.54 Å². The van der Waals surface area contributed by atoms with Gasteiger partial charge in [-0.1, -0.05) is 30.9 Å². The molecule has 1 fully saturated rings. The van der Waals surface area contributed by atoms with Crippen LogP contribution in [0.1, 0.15) is 36.0 Å². The largest absolute Gasteiger partial charge is 0.352 e. The van der Waals surface area contributed by atoms with E-state index in [0.29, 0.717) is 10.6 Å². The Morgan fingerprint density at radius 3 is 2.82 bits per heavy atom. The summed E-state index contributed by atoms with van der Waals surface area (Å²) >= 11 is 8.14. The molecule has 0 atom stereocenters. The molecule has 2 rings (SSSR count). The van der Waals surface area contributed by atoms with E-state index in [1.165, 1.54) is 19.3 Å². The van der Waals surface area contributed by atoms with E-state index >= 15 is 0 Å². The van der Waals surface area contributed by atoms with Crippen LogP contribution in [-0.4, -0.2) is 12.5 Å². The van der Waals surface area contributed by atoms with Crippen LogP contribution in [0, 0.1) is 9.49 Å². The number of rotatable bonds is 4. The molecule has 0 spiro atoms. The second-order valence-electron chi connectivity index (χ2n) is 4.47. The van der Waals surface area contributed by atoms with Gasteiger partial charge in [-0.3, -0.25) is 4.79 Å². The Morgan fingerprint density at radius 2 is 2.24 bits per heavy atom. The standard InChI is InChI=1S/C13H15ClINO/c14-11-8-10(4-5-12(11)15)13(17)16-7-6-9-2-1-3-9/h4-5,8-9H,1-3,6-7H2,(H,16,17). The SMILES string of the molecule is O=C(NCCC1CCC1)c1ccc(I)c(Cl)c1. The molecule has 1 aromatic carbocycles. The van der Waals surface area contributed by atoms with E-state index in [-0.39, 0.29) is 5.91 Å². The van der Waals surface area contributed by atoms with Crippen molar-refractivity contribution >= 4 is 40.1 Å². The highest BCUT2D eigenvalue weighted by molar-refractivity contribution is 14.1. The molecule has 1 aromatic rings. The van der Waals surface area contributed by atoms with Gasteiger partial charge in [0.1, 0.15) is 0 Å². The smallest absolute Gasteiger partial charge is 0.251 e. The van der Waals surface area contributed by atoms with E-state index in [1.807, 2.05) is 12.1 Å². The van der Waals surface area contributed by atoms with E-state index in [0.717, 1.165) is 22.5 Å². The average molecular weight is 364 g/mol. The molecule has 2 nitrogen and oxygen atoms in total. The lowest BCUT2D eigenvalue weighted by Gasteiger charge is -2.25. The van der Waals surface area contributed by atoms with E-state index < -0.39 is 0 Å². The summed E-state index contributed by atoms with van der Waals surface area (Å²) < 4.78 is 0.968. The number of hydrogen-bond acceptors (Lipinski definition) is 1. The van der Waals surface area contributed by atoms with E-state index in [4.69, 9.17) is 11.6 Å². The third-order valence-electron chi connectivity index (χ3n) is 3.24. The summed E-state index contributed by atoms with van der Waals surface area (Å²) in [5, 5.41) is 3.58. The molecule has 17 heavy (non-hydrogen) atoms. The van der Waals surface area contributed by atoms with Crippen LogP contribution in [0.25, 0.3) is 0 Å². The van der Waals surface area contributed by atoms with Crippen LogP contribution < -0.4 is 5.32 Å². The number of carbonyl (C=O) groups excluding carboxylic acids is 1. The highest BCUT2D eigenvalue weighted by atomic mass is 127. The minimum atomic E-state index is -0.0253. The maximum absolute atomic E-state index is 11.8. The van der Waals surface area contributed by atoms with Crippen molar-refractivity contribution in [3.8, 4) is 0 Å². The van der Waals surface area contributed by atoms with Crippen LogP contribution in [0.4, 0.5) is 0 Å². The summed E-state index contributed by atoms with van der Waals surface area (Å²) in [6, 6.07) is 5.40. The molecule has 0 bridgehead atoms. The van der Waals surface area contributed by atoms with Gasteiger partial charge in [0.25, 0.3) is 5.91 Å². The van der Waals surface area contributed by atoms with Gasteiger partial charge in [0.2, 0.25) is 0 Å². The van der Waals surface area contributed by atoms with Crippen molar-refractivity contribution in [2.24, 2.45) is 5.92 Å². The van der Waals surface area contributed by atoms with Gasteiger partial charge in [-0.2, -0.15) is 0 Å². The van der Waals surface area contributed by atoms with Crippen molar-refractivity contribution in [3.05, 3.63) is 32.4 Å². The van der Waals surface area contributed by atoms with Gasteiger partial charge >= 0.3 is 0 Å². The first-order chi connectivity index (χ1) is 8.16. The zero-order chi connectivity index (χ0) is 12.3. The molecule has 1 amide bonds. The maximum Gasteiger partial charge on any atom is 0.251 e. The number of hydrogen-bond donors (Lipinski definition) is 1. The monoisotopic (exact) mass is 363 g/mol. The van der Waals surface area contributed by atoms with Gasteiger partial charge < -0.3 is 5.32 Å². The number of nitrogens with one attached hydrogen (secondary N) is 1. The van der Waals surface area contributed by atoms with Gasteiger partial charge in [0.05, 0.1) is 5.02 Å². The summed E-state index contributed by atoms with van der Waals surface area (Å²) in [7, 11) is 0. The van der Waals surface area contributed by atoms with Crippen LogP contribution in [-0.2, 0) is 0 Å². The van der Waals surface area contributed by atoms with Gasteiger partial charge in [-0.15, -0.1) is 0 Å². The van der Waals surface area contributed by atoms with Gasteiger partial charge in [-0.05, 0) is 53.1 Å². The van der Waals surface area contributed by atoms with Crippen LogP contribution in [0.3, 0.4) is 0 Å². The first kappa shape index (κ1) is 13.1. The number of carbonyl (C=O) groups is 1. The first-order valence-electron chi connectivity index (χ1n) is 5.90. The fourth-order valence-corrected chi connectivity index (χ4v) is 2.43. The highest BCUT2D eigenvalue weighted by Crippen LogP contribution is 2.28. The van der Waals surface area contributed by atoms with Crippen LogP contribution in [0.2, 0.25) is 5.02 Å². The highest BCUT2D eigenvalue weighted by Gasteiger charge is 2.17. The van der Waals surface area contributed by atoms with E-state index in [1.54, 1.807) is 6.07 Å². The lowest BCUT2D eigenvalue weighted by Crippen LogP contribution is -2.27. The Labute approximate surface area is 120 Å². The summed E-state index contributed by atoms with van der Waals surface area (Å²) in [4.78, 5) is 11.8. The van der Waals surface area contributed by atoms with E-state index in [2.05, 4.69) is 27.9 Å². The molecule has 1 aliphatic carbocycles. The molecule has 1 aliphatic rings. The fraction of sp³-hybridized carbons (Fsp3) is 0.462. The minimum Gasteiger partial charge on any atom is -0.352 e. The fourth-order valence-electron chi connectivity index (χ4n) is 1.91. The molecular weight excluding hydrogens is 349 g/mol. The molecule has 1 saturated carbocycles. The molecule has 4 heteroatoms. The molecular formula is C13H15ClINO. The lowest BCUT2D eigenvalue weighted by molar-refractivity contribution is 0.0949. The zero-order valence-electron chi connectivity index (χ0n) is 9.51. The quantitative estimate of drug-likeness (QED) is 0.809. The van der Waals surface area contributed by atoms with Crippen molar-refractivity contribution in [1.29, 1.82) is 0 Å². The molecule has 0 heterocycles.